The van der Waals surface area contributed by atoms with Gasteiger partial charge in [-0.25, -0.2) is 4.79 Å². The Morgan fingerprint density at radius 3 is 2.79 bits per heavy atom. The van der Waals surface area contributed by atoms with Crippen LogP contribution in [0.3, 0.4) is 0 Å². The second-order valence-electron chi connectivity index (χ2n) is 5.30. The topological polar surface area (TPSA) is 26.3 Å². The van der Waals surface area contributed by atoms with Gasteiger partial charge < -0.3 is 4.74 Å². The minimum atomic E-state index is -0.215. The number of hydrogen-bond acceptors (Lipinski definition) is 2. The zero-order chi connectivity index (χ0) is 13.8. The van der Waals surface area contributed by atoms with Crippen molar-refractivity contribution in [3.63, 3.8) is 0 Å². The van der Waals surface area contributed by atoms with Gasteiger partial charge in [-0.15, -0.1) is 0 Å². The van der Waals surface area contributed by atoms with Gasteiger partial charge in [0.2, 0.25) is 0 Å². The second kappa shape index (κ2) is 6.05. The average molecular weight is 258 g/mol. The van der Waals surface area contributed by atoms with Crippen LogP contribution in [0.5, 0.6) is 0 Å². The quantitative estimate of drug-likeness (QED) is 0.584. The van der Waals surface area contributed by atoms with E-state index in [1.54, 1.807) is 6.08 Å². The van der Waals surface area contributed by atoms with Crippen LogP contribution in [-0.4, -0.2) is 5.97 Å². The lowest BCUT2D eigenvalue weighted by Gasteiger charge is -2.15. The third kappa shape index (κ3) is 3.25. The maximum Gasteiger partial charge on any atom is 0.331 e. The summed E-state index contributed by atoms with van der Waals surface area (Å²) in [6.45, 7) is 6.22. The molecule has 1 aromatic carbocycles. The van der Waals surface area contributed by atoms with E-state index in [1.807, 2.05) is 6.92 Å². The number of ether oxygens (including phenoxy) is 1. The Balaban J connectivity index is 2.36. The summed E-state index contributed by atoms with van der Waals surface area (Å²) < 4.78 is 5.40. The van der Waals surface area contributed by atoms with Gasteiger partial charge in [-0.3, -0.25) is 0 Å². The summed E-state index contributed by atoms with van der Waals surface area (Å²) in [5, 5.41) is 0. The molecule has 102 valence electrons. The van der Waals surface area contributed by atoms with E-state index in [-0.39, 0.29) is 12.1 Å². The standard InChI is InChI=1S/C17H22O2/c1-4-5-6-7-14-11-17(18)19-13(3)15-9-8-12(2)10-16(14)15/h8-11,13H,4-7H2,1-3H3. The van der Waals surface area contributed by atoms with Crippen molar-refractivity contribution in [2.24, 2.45) is 0 Å². The molecule has 1 atom stereocenters. The molecule has 0 saturated carbocycles. The lowest BCUT2D eigenvalue weighted by Crippen LogP contribution is -2.04. The summed E-state index contributed by atoms with van der Waals surface area (Å²) in [5.74, 6) is -0.215. The van der Waals surface area contributed by atoms with Gasteiger partial charge in [-0.05, 0) is 43.4 Å². The van der Waals surface area contributed by atoms with E-state index in [2.05, 4.69) is 32.0 Å². The van der Waals surface area contributed by atoms with Gasteiger partial charge in [0.1, 0.15) is 6.10 Å². The summed E-state index contributed by atoms with van der Waals surface area (Å²) in [6, 6.07) is 6.34. The van der Waals surface area contributed by atoms with Crippen molar-refractivity contribution >= 4 is 11.5 Å². The summed E-state index contributed by atoms with van der Waals surface area (Å²) in [4.78, 5) is 11.8. The van der Waals surface area contributed by atoms with E-state index >= 15 is 0 Å². The van der Waals surface area contributed by atoms with Crippen LogP contribution in [0.2, 0.25) is 0 Å². The average Bonchev–Trinajstić information content (AvgIpc) is 2.47. The van der Waals surface area contributed by atoms with Crippen molar-refractivity contribution in [2.75, 3.05) is 0 Å². The molecule has 0 amide bonds. The Kier molecular flexibility index (Phi) is 4.41. The van der Waals surface area contributed by atoms with Gasteiger partial charge in [-0.2, -0.15) is 0 Å². The predicted octanol–water partition coefficient (Wildman–Crippen LogP) is 4.58. The summed E-state index contributed by atoms with van der Waals surface area (Å²) in [5.41, 5.74) is 4.66. The Labute approximate surface area is 115 Å². The first-order valence-corrected chi connectivity index (χ1v) is 7.14. The van der Waals surface area contributed by atoms with Crippen LogP contribution in [0.1, 0.15) is 62.3 Å². The van der Waals surface area contributed by atoms with E-state index < -0.39 is 0 Å². The van der Waals surface area contributed by atoms with Gasteiger partial charge in [0.25, 0.3) is 0 Å². The molecule has 0 N–H and O–H groups in total. The first kappa shape index (κ1) is 13.9. The summed E-state index contributed by atoms with van der Waals surface area (Å²) in [6.07, 6.45) is 5.97. The van der Waals surface area contributed by atoms with Crippen molar-refractivity contribution in [2.45, 2.75) is 52.6 Å². The Morgan fingerprint density at radius 1 is 1.26 bits per heavy atom. The van der Waals surface area contributed by atoms with Crippen LogP contribution in [0.15, 0.2) is 24.3 Å². The van der Waals surface area contributed by atoms with Gasteiger partial charge in [0, 0.05) is 6.08 Å². The number of carbonyl (C=O) groups is 1. The highest BCUT2D eigenvalue weighted by Crippen LogP contribution is 2.33. The maximum absolute atomic E-state index is 11.8. The number of aryl methyl sites for hydroxylation is 1. The van der Waals surface area contributed by atoms with Crippen LogP contribution < -0.4 is 0 Å². The molecule has 19 heavy (non-hydrogen) atoms. The van der Waals surface area contributed by atoms with Crippen LogP contribution >= 0.6 is 0 Å². The fourth-order valence-electron chi connectivity index (χ4n) is 2.57. The van der Waals surface area contributed by atoms with Crippen molar-refractivity contribution in [1.82, 2.24) is 0 Å². The first-order chi connectivity index (χ1) is 9.11. The molecule has 0 aromatic heterocycles. The van der Waals surface area contributed by atoms with E-state index in [0.717, 1.165) is 24.0 Å². The molecule has 1 unspecified atom stereocenters. The summed E-state index contributed by atoms with van der Waals surface area (Å²) >= 11 is 0. The number of benzene rings is 1. The van der Waals surface area contributed by atoms with Crippen LogP contribution in [-0.2, 0) is 9.53 Å². The molecule has 0 saturated heterocycles. The molecule has 1 aliphatic rings. The highest BCUT2D eigenvalue weighted by molar-refractivity contribution is 5.93. The van der Waals surface area contributed by atoms with Gasteiger partial charge in [-0.1, -0.05) is 43.5 Å². The van der Waals surface area contributed by atoms with Crippen LogP contribution in [0.4, 0.5) is 0 Å². The molecule has 2 rings (SSSR count). The zero-order valence-electron chi connectivity index (χ0n) is 12.0. The molecule has 1 aromatic rings. The molecular weight excluding hydrogens is 236 g/mol. The van der Waals surface area contributed by atoms with E-state index in [4.69, 9.17) is 4.74 Å². The molecule has 2 nitrogen and oxygen atoms in total. The minimum absolute atomic E-state index is 0.164. The number of esters is 1. The lowest BCUT2D eigenvalue weighted by atomic mass is 9.92. The maximum atomic E-state index is 11.8. The Hall–Kier alpha value is -1.57. The number of hydrogen-bond donors (Lipinski definition) is 0. The predicted molar refractivity (Wildman–Crippen MR) is 77.8 cm³/mol. The summed E-state index contributed by atoms with van der Waals surface area (Å²) in [7, 11) is 0. The normalized spacial score (nSPS) is 18.4. The lowest BCUT2D eigenvalue weighted by molar-refractivity contribution is -0.142. The zero-order valence-corrected chi connectivity index (χ0v) is 12.0. The number of cyclic esters (lactones) is 1. The number of fused-ring (bicyclic) bond motifs is 1. The van der Waals surface area contributed by atoms with Crippen molar-refractivity contribution in [1.29, 1.82) is 0 Å². The molecule has 1 heterocycles. The van der Waals surface area contributed by atoms with E-state index in [1.165, 1.54) is 24.0 Å². The van der Waals surface area contributed by atoms with Crippen LogP contribution in [0.25, 0.3) is 5.57 Å². The molecule has 0 spiro atoms. The van der Waals surface area contributed by atoms with Crippen molar-refractivity contribution in [3.05, 3.63) is 41.0 Å². The number of rotatable bonds is 4. The Morgan fingerprint density at radius 2 is 2.05 bits per heavy atom. The SMILES string of the molecule is CCCCCC1=CC(=O)OC(C)c2ccc(C)cc21. The third-order valence-electron chi connectivity index (χ3n) is 3.63. The number of unbranched alkanes of at least 4 members (excludes halogenated alkanes) is 2. The largest absolute Gasteiger partial charge is 0.455 e. The highest BCUT2D eigenvalue weighted by atomic mass is 16.5. The molecule has 0 aliphatic carbocycles. The second-order valence-corrected chi connectivity index (χ2v) is 5.30. The van der Waals surface area contributed by atoms with Gasteiger partial charge in [0.15, 0.2) is 0 Å². The monoisotopic (exact) mass is 258 g/mol. The fraction of sp³-hybridized carbons (Fsp3) is 0.471. The fourth-order valence-corrected chi connectivity index (χ4v) is 2.57. The highest BCUT2D eigenvalue weighted by Gasteiger charge is 2.21. The molecule has 2 heteroatoms. The molecule has 0 bridgehead atoms. The molecular formula is C17H22O2. The third-order valence-corrected chi connectivity index (χ3v) is 3.63. The van der Waals surface area contributed by atoms with Crippen molar-refractivity contribution in [3.8, 4) is 0 Å². The van der Waals surface area contributed by atoms with Crippen molar-refractivity contribution < 1.29 is 9.53 Å². The molecule has 0 fully saturated rings. The Bertz CT molecular complexity index is 500. The first-order valence-electron chi connectivity index (χ1n) is 7.14. The minimum Gasteiger partial charge on any atom is -0.455 e. The van der Waals surface area contributed by atoms with E-state index in [0.29, 0.717) is 0 Å². The van der Waals surface area contributed by atoms with Gasteiger partial charge >= 0.3 is 5.97 Å². The smallest absolute Gasteiger partial charge is 0.331 e. The number of carbonyl (C=O) groups excluding carboxylic acids is 1. The molecule has 0 radical (unpaired) electrons. The van der Waals surface area contributed by atoms with E-state index in [9.17, 15) is 4.79 Å². The van der Waals surface area contributed by atoms with Crippen LogP contribution in [0, 0.1) is 6.92 Å². The molecule has 1 aliphatic heterocycles. The number of allylic oxidation sites excluding steroid dienone is 1. The van der Waals surface area contributed by atoms with Gasteiger partial charge in [0.05, 0.1) is 0 Å².